The van der Waals surface area contributed by atoms with Crippen LogP contribution in [0.15, 0.2) is 77.3 Å². The summed E-state index contributed by atoms with van der Waals surface area (Å²) in [4.78, 5) is 43.3. The Morgan fingerprint density at radius 2 is 1.80 bits per heavy atom. The molecule has 41 heavy (non-hydrogen) atoms. The number of aryl methyl sites for hydroxylation is 1. The van der Waals surface area contributed by atoms with Crippen LogP contribution < -0.4 is 15.4 Å². The maximum atomic E-state index is 14.2. The van der Waals surface area contributed by atoms with Crippen molar-refractivity contribution in [1.29, 1.82) is 0 Å². The molecule has 0 aliphatic carbocycles. The van der Waals surface area contributed by atoms with Gasteiger partial charge in [-0.25, -0.2) is 0 Å². The minimum atomic E-state index is -1.28. The highest BCUT2D eigenvalue weighted by Gasteiger charge is 2.76. The lowest BCUT2D eigenvalue weighted by Crippen LogP contribution is -2.55. The van der Waals surface area contributed by atoms with Gasteiger partial charge in [0.2, 0.25) is 17.7 Å². The molecule has 10 heteroatoms. The minimum absolute atomic E-state index is 0.260. The number of fused-ring (bicyclic) bond motifs is 1. The van der Waals surface area contributed by atoms with Crippen molar-refractivity contribution in [2.24, 2.45) is 11.8 Å². The number of amides is 3. The Balaban J connectivity index is 1.30. The van der Waals surface area contributed by atoms with E-state index >= 15 is 0 Å². The molecule has 2 aromatic carbocycles. The van der Waals surface area contributed by atoms with Crippen LogP contribution in [0.2, 0.25) is 0 Å². The molecule has 10 nitrogen and oxygen atoms in total. The largest absolute Gasteiger partial charge is 0.497 e. The molecule has 0 saturated carbocycles. The summed E-state index contributed by atoms with van der Waals surface area (Å²) in [5.41, 5.74) is -0.430. The molecule has 0 unspecified atom stereocenters. The van der Waals surface area contributed by atoms with Crippen molar-refractivity contribution in [2.45, 2.75) is 44.1 Å². The number of likely N-dealkylation sites (tertiary alicyclic amines) is 1. The molecule has 212 valence electrons. The maximum absolute atomic E-state index is 14.2. The van der Waals surface area contributed by atoms with E-state index in [2.05, 4.69) is 15.8 Å². The summed E-state index contributed by atoms with van der Waals surface area (Å²) in [6.45, 7) is 4.08. The number of carbonyl (C=O) groups excluding carboxylic acids is 3. The molecule has 6 rings (SSSR count). The lowest BCUT2D eigenvalue weighted by Gasteiger charge is -2.33. The fraction of sp³-hybridized carbons (Fsp3) is 0.355. The summed E-state index contributed by atoms with van der Waals surface area (Å²) in [6, 6.07) is 17.8. The Kier molecular flexibility index (Phi) is 6.65. The molecular formula is C31H32N4O6. The van der Waals surface area contributed by atoms with E-state index in [-0.39, 0.29) is 24.2 Å². The molecule has 3 aromatic rings. The Morgan fingerprint density at radius 1 is 1.05 bits per heavy atom. The third kappa shape index (κ3) is 4.58. The average molecular weight is 557 g/mol. The van der Waals surface area contributed by atoms with E-state index in [1.807, 2.05) is 54.6 Å². The second-order valence-electron chi connectivity index (χ2n) is 11.0. The summed E-state index contributed by atoms with van der Waals surface area (Å²) < 4.78 is 16.9. The van der Waals surface area contributed by atoms with Crippen LogP contribution in [0.5, 0.6) is 5.75 Å². The van der Waals surface area contributed by atoms with Gasteiger partial charge in [0.05, 0.1) is 24.5 Å². The number of methoxy groups -OCH3 is 1. The van der Waals surface area contributed by atoms with Crippen LogP contribution in [0, 0.1) is 18.8 Å². The van der Waals surface area contributed by atoms with Gasteiger partial charge in [0.25, 0.3) is 0 Å². The van der Waals surface area contributed by atoms with Crippen molar-refractivity contribution in [3.63, 3.8) is 0 Å². The smallest absolute Gasteiger partial charge is 0.246 e. The van der Waals surface area contributed by atoms with E-state index in [9.17, 15) is 14.4 Å². The zero-order valence-corrected chi connectivity index (χ0v) is 23.1. The molecule has 3 aliphatic rings. The average Bonchev–Trinajstić information content (AvgIpc) is 3.68. The highest BCUT2D eigenvalue weighted by Crippen LogP contribution is 2.59. The first-order chi connectivity index (χ1) is 19.7. The van der Waals surface area contributed by atoms with E-state index in [0.717, 1.165) is 16.9 Å². The van der Waals surface area contributed by atoms with Crippen LogP contribution >= 0.6 is 0 Å². The Hall–Kier alpha value is -4.44. The van der Waals surface area contributed by atoms with Gasteiger partial charge < -0.3 is 29.5 Å². The van der Waals surface area contributed by atoms with Gasteiger partial charge in [-0.3, -0.25) is 14.4 Å². The topological polar surface area (TPSA) is 123 Å². The van der Waals surface area contributed by atoms with Gasteiger partial charge in [-0.1, -0.05) is 59.8 Å². The van der Waals surface area contributed by atoms with Gasteiger partial charge in [0.15, 0.2) is 5.82 Å². The second-order valence-corrected chi connectivity index (χ2v) is 11.0. The lowest BCUT2D eigenvalue weighted by atomic mass is 9.70. The van der Waals surface area contributed by atoms with E-state index in [1.54, 1.807) is 44.1 Å². The van der Waals surface area contributed by atoms with Gasteiger partial charge in [-0.05, 0) is 43.5 Å². The van der Waals surface area contributed by atoms with Crippen molar-refractivity contribution < 1.29 is 28.4 Å². The SMILES string of the molecule is COc1ccc(CCN2C(=O)[C@@H]3[C@@H](C(=O)Nc4cc(C)on4)[C@@]4(C)C=C[C@@]3(O4)[C@@H]2C(=O)NCc2ccccc2)cc1. The molecule has 1 aromatic heterocycles. The van der Waals surface area contributed by atoms with Crippen LogP contribution in [-0.2, 0) is 32.1 Å². The Morgan fingerprint density at radius 3 is 2.49 bits per heavy atom. The van der Waals surface area contributed by atoms with Gasteiger partial charge in [0, 0.05) is 19.2 Å². The first kappa shape index (κ1) is 26.8. The van der Waals surface area contributed by atoms with Gasteiger partial charge in [-0.2, -0.15) is 0 Å². The summed E-state index contributed by atoms with van der Waals surface area (Å²) >= 11 is 0. The number of benzene rings is 2. The predicted octanol–water partition coefficient (Wildman–Crippen LogP) is 3.03. The molecule has 0 radical (unpaired) electrons. The fourth-order valence-corrected chi connectivity index (χ4v) is 6.42. The number of aromatic nitrogens is 1. The molecule has 5 atom stereocenters. The van der Waals surface area contributed by atoms with Crippen molar-refractivity contribution >= 4 is 23.5 Å². The summed E-state index contributed by atoms with van der Waals surface area (Å²) in [5, 5.41) is 9.65. The summed E-state index contributed by atoms with van der Waals surface area (Å²) in [6.07, 6.45) is 4.12. The first-order valence-electron chi connectivity index (χ1n) is 13.6. The quantitative estimate of drug-likeness (QED) is 0.389. The molecule has 2 saturated heterocycles. The monoisotopic (exact) mass is 556 g/mol. The molecule has 4 heterocycles. The van der Waals surface area contributed by atoms with E-state index < -0.39 is 35.0 Å². The van der Waals surface area contributed by atoms with Gasteiger partial charge in [0.1, 0.15) is 23.2 Å². The minimum Gasteiger partial charge on any atom is -0.497 e. The number of hydrogen-bond donors (Lipinski definition) is 2. The number of nitrogens with one attached hydrogen (secondary N) is 2. The van der Waals surface area contributed by atoms with Crippen LogP contribution in [0.4, 0.5) is 5.82 Å². The van der Waals surface area contributed by atoms with E-state index in [1.165, 1.54) is 0 Å². The number of anilines is 1. The molecule has 2 N–H and O–H groups in total. The van der Waals surface area contributed by atoms with Crippen LogP contribution in [0.25, 0.3) is 0 Å². The van der Waals surface area contributed by atoms with Gasteiger partial charge in [-0.15, -0.1) is 0 Å². The highest BCUT2D eigenvalue weighted by molar-refractivity contribution is 6.03. The molecular weight excluding hydrogens is 524 g/mol. The second kappa shape index (κ2) is 10.2. The third-order valence-electron chi connectivity index (χ3n) is 8.32. The highest BCUT2D eigenvalue weighted by atomic mass is 16.5. The number of ether oxygens (including phenoxy) is 2. The van der Waals surface area contributed by atoms with Crippen LogP contribution in [-0.4, -0.2) is 58.7 Å². The number of nitrogens with zero attached hydrogens (tertiary/aromatic N) is 2. The molecule has 2 fully saturated rings. The maximum Gasteiger partial charge on any atom is 0.246 e. The lowest BCUT2D eigenvalue weighted by molar-refractivity contribution is -0.144. The molecule has 2 bridgehead atoms. The third-order valence-corrected chi connectivity index (χ3v) is 8.32. The molecule has 3 aliphatic heterocycles. The number of hydrogen-bond acceptors (Lipinski definition) is 7. The summed E-state index contributed by atoms with van der Waals surface area (Å²) in [5.74, 6) is -1.24. The van der Waals surface area contributed by atoms with Gasteiger partial charge >= 0.3 is 0 Å². The van der Waals surface area contributed by atoms with Crippen molar-refractivity contribution in [3.05, 3.63) is 89.7 Å². The standard InChI is InChI=1S/C31H32N4O6/c1-19-17-23(34-40-19)33-27(36)24-25-29(38)35(16-13-20-9-11-22(39-3)12-10-20)26(31(25)15-14-30(24,2)41-31)28(37)32-18-21-7-5-4-6-8-21/h4-12,14-15,17,24-26H,13,16,18H2,1-3H3,(H,32,37)(H,33,34,36)/t24-,25-,26-,30+,31-/m0/s1. The number of rotatable bonds is 9. The normalized spacial score (nSPS) is 27.6. The van der Waals surface area contributed by atoms with Crippen LogP contribution in [0.3, 0.4) is 0 Å². The zero-order valence-electron chi connectivity index (χ0n) is 23.1. The van der Waals surface area contributed by atoms with Crippen molar-refractivity contribution in [1.82, 2.24) is 15.4 Å². The Bertz CT molecular complexity index is 1500. The predicted molar refractivity (Wildman–Crippen MR) is 149 cm³/mol. The first-order valence-corrected chi connectivity index (χ1v) is 13.6. The summed E-state index contributed by atoms with van der Waals surface area (Å²) in [7, 11) is 1.61. The Labute approximate surface area is 237 Å². The number of carbonyl (C=O) groups is 3. The van der Waals surface area contributed by atoms with Crippen molar-refractivity contribution in [2.75, 3.05) is 19.0 Å². The van der Waals surface area contributed by atoms with Crippen molar-refractivity contribution in [3.8, 4) is 5.75 Å². The zero-order chi connectivity index (χ0) is 28.8. The van der Waals surface area contributed by atoms with E-state index in [4.69, 9.17) is 14.0 Å². The van der Waals surface area contributed by atoms with E-state index in [0.29, 0.717) is 18.7 Å². The van der Waals surface area contributed by atoms with Crippen LogP contribution in [0.1, 0.15) is 23.8 Å². The molecule has 3 amide bonds. The molecule has 1 spiro atoms. The fourth-order valence-electron chi connectivity index (χ4n) is 6.42.